The Kier molecular flexibility index (Phi) is 8.23. The van der Waals surface area contributed by atoms with Crippen LogP contribution in [-0.4, -0.2) is 32.1 Å². The number of non-ortho nitro benzene ring substituents is 1. The van der Waals surface area contributed by atoms with Gasteiger partial charge in [0.05, 0.1) is 44.4 Å². The van der Waals surface area contributed by atoms with Crippen LogP contribution in [0.3, 0.4) is 0 Å². The van der Waals surface area contributed by atoms with Crippen molar-refractivity contribution in [2.75, 3.05) is 6.61 Å². The summed E-state index contributed by atoms with van der Waals surface area (Å²) >= 11 is 0.917. The van der Waals surface area contributed by atoms with Gasteiger partial charge < -0.3 is 9.84 Å². The van der Waals surface area contributed by atoms with Crippen LogP contribution in [0.4, 0.5) is 11.4 Å². The van der Waals surface area contributed by atoms with E-state index in [2.05, 4.69) is 0 Å². The number of carbonyl (C=O) groups excluding carboxylic acids is 1. The van der Waals surface area contributed by atoms with E-state index in [1.54, 1.807) is 31.2 Å². The molecule has 4 aromatic rings. The number of hydrogen-bond acceptors (Lipinski definition) is 10. The number of phenolic OH excluding ortho intramolecular Hbond substituents is 1. The van der Waals surface area contributed by atoms with Gasteiger partial charge >= 0.3 is 11.7 Å². The normalized spacial score (nSPS) is 14.7. The van der Waals surface area contributed by atoms with Crippen LogP contribution < -0.4 is 14.9 Å². The van der Waals surface area contributed by atoms with E-state index >= 15 is 0 Å². The highest BCUT2D eigenvalue weighted by atomic mass is 32.1. The first-order valence-electron chi connectivity index (χ1n) is 13.6. The molecule has 44 heavy (non-hydrogen) atoms. The highest BCUT2D eigenvalue weighted by molar-refractivity contribution is 7.07. The number of thiazole rings is 1. The van der Waals surface area contributed by atoms with Crippen LogP contribution in [0.1, 0.15) is 55.0 Å². The second kappa shape index (κ2) is 12.1. The van der Waals surface area contributed by atoms with Crippen LogP contribution in [0.5, 0.6) is 5.75 Å². The van der Waals surface area contributed by atoms with Gasteiger partial charge in [0.2, 0.25) is 5.75 Å². The summed E-state index contributed by atoms with van der Waals surface area (Å²) in [6.45, 7) is 5.85. The van der Waals surface area contributed by atoms with Crippen molar-refractivity contribution in [3.8, 4) is 5.75 Å². The summed E-state index contributed by atoms with van der Waals surface area (Å²) < 4.78 is 6.77. The lowest BCUT2D eigenvalue weighted by Crippen LogP contribution is -2.40. The first kappa shape index (κ1) is 30.0. The molecule has 0 saturated heterocycles. The summed E-state index contributed by atoms with van der Waals surface area (Å²) in [6.07, 6.45) is 1.15. The largest absolute Gasteiger partial charge is 0.502 e. The van der Waals surface area contributed by atoms with Crippen LogP contribution >= 0.6 is 11.3 Å². The Hall–Kier alpha value is -5.43. The van der Waals surface area contributed by atoms with Crippen molar-refractivity contribution in [3.05, 3.63) is 134 Å². The molecular formula is C31H26N4O8S. The van der Waals surface area contributed by atoms with Crippen LogP contribution in [-0.2, 0) is 9.53 Å². The van der Waals surface area contributed by atoms with Crippen molar-refractivity contribution in [3.63, 3.8) is 0 Å². The average molecular weight is 615 g/mol. The average Bonchev–Trinajstić information content (AvgIpc) is 3.31. The summed E-state index contributed by atoms with van der Waals surface area (Å²) in [5.41, 5.74) is 0.313. The molecule has 0 radical (unpaired) electrons. The Morgan fingerprint density at radius 2 is 1.77 bits per heavy atom. The summed E-state index contributed by atoms with van der Waals surface area (Å²) in [5, 5.41) is 33.6. The number of phenols is 1. The first-order valence-corrected chi connectivity index (χ1v) is 14.4. The SMILES string of the molecule is CCOC(=O)C1=C(c2ccccc2)N=c2s/c(=C\c3cc([N+](=O)[O-])cc([N+](=O)[O-])c3O)c(=O)n2[C@@H]1c1ccc(C(C)C)cc1. The molecule has 1 aliphatic heterocycles. The van der Waals surface area contributed by atoms with Gasteiger partial charge in [-0.05, 0) is 30.0 Å². The number of nitro groups is 2. The third-order valence-electron chi connectivity index (χ3n) is 7.09. The second-order valence-corrected chi connectivity index (χ2v) is 11.2. The third-order valence-corrected chi connectivity index (χ3v) is 8.07. The van der Waals surface area contributed by atoms with Crippen LogP contribution in [0.25, 0.3) is 11.8 Å². The summed E-state index contributed by atoms with van der Waals surface area (Å²) in [6, 6.07) is 17.1. The summed E-state index contributed by atoms with van der Waals surface area (Å²) in [5.74, 6) is -1.25. The van der Waals surface area contributed by atoms with E-state index in [1.165, 1.54) is 4.57 Å². The predicted molar refractivity (Wildman–Crippen MR) is 163 cm³/mol. The third kappa shape index (κ3) is 5.52. The van der Waals surface area contributed by atoms with Crippen molar-refractivity contribution >= 4 is 40.5 Å². The monoisotopic (exact) mass is 614 g/mol. The topological polar surface area (TPSA) is 167 Å². The lowest BCUT2D eigenvalue weighted by atomic mass is 9.91. The molecule has 0 saturated carbocycles. The number of hydrogen-bond donors (Lipinski definition) is 1. The van der Waals surface area contributed by atoms with E-state index in [0.717, 1.165) is 29.0 Å². The number of rotatable bonds is 8. The minimum Gasteiger partial charge on any atom is -0.502 e. The molecule has 2 heterocycles. The minimum absolute atomic E-state index is 0.0184. The number of ether oxygens (including phenoxy) is 1. The molecule has 13 heteroatoms. The molecule has 0 aliphatic carbocycles. The second-order valence-electron chi connectivity index (χ2n) is 10.2. The predicted octanol–water partition coefficient (Wildman–Crippen LogP) is 4.58. The van der Waals surface area contributed by atoms with Gasteiger partial charge in [0.15, 0.2) is 4.80 Å². The number of aromatic hydroxyl groups is 1. The van der Waals surface area contributed by atoms with Gasteiger partial charge in [-0.2, -0.15) is 0 Å². The Morgan fingerprint density at radius 3 is 2.36 bits per heavy atom. The lowest BCUT2D eigenvalue weighted by Gasteiger charge is -2.26. The number of fused-ring (bicyclic) bond motifs is 1. The van der Waals surface area contributed by atoms with Gasteiger partial charge in [-0.1, -0.05) is 79.8 Å². The van der Waals surface area contributed by atoms with Gasteiger partial charge in [-0.25, -0.2) is 9.79 Å². The Bertz CT molecular complexity index is 2010. The number of esters is 1. The smallest absolute Gasteiger partial charge is 0.338 e. The molecule has 1 aromatic heterocycles. The molecule has 0 bridgehead atoms. The zero-order chi connectivity index (χ0) is 31.7. The molecule has 12 nitrogen and oxygen atoms in total. The molecule has 3 aromatic carbocycles. The van der Waals surface area contributed by atoms with Gasteiger partial charge in [0.25, 0.3) is 11.2 Å². The maximum absolute atomic E-state index is 14.1. The number of nitro benzene ring substituents is 2. The highest BCUT2D eigenvalue weighted by Gasteiger charge is 2.35. The number of nitrogens with zero attached hydrogens (tertiary/aromatic N) is 4. The molecule has 1 aliphatic rings. The van der Waals surface area contributed by atoms with E-state index in [-0.39, 0.29) is 33.0 Å². The molecule has 0 amide bonds. The maximum atomic E-state index is 14.1. The maximum Gasteiger partial charge on any atom is 0.338 e. The molecule has 0 unspecified atom stereocenters. The molecule has 224 valence electrons. The van der Waals surface area contributed by atoms with Crippen LogP contribution in [0.15, 0.2) is 82.1 Å². The van der Waals surface area contributed by atoms with Crippen molar-refractivity contribution < 1.29 is 24.5 Å². The van der Waals surface area contributed by atoms with Crippen LogP contribution in [0, 0.1) is 20.2 Å². The Balaban J connectivity index is 1.84. The van der Waals surface area contributed by atoms with E-state index in [1.807, 2.05) is 44.2 Å². The zero-order valence-electron chi connectivity index (χ0n) is 23.8. The quantitative estimate of drug-likeness (QED) is 0.171. The number of aromatic nitrogens is 1. The van der Waals surface area contributed by atoms with Crippen LogP contribution in [0.2, 0.25) is 0 Å². The Labute approximate surface area is 253 Å². The minimum atomic E-state index is -0.961. The molecule has 0 spiro atoms. The lowest BCUT2D eigenvalue weighted by molar-refractivity contribution is -0.394. The fourth-order valence-corrected chi connectivity index (χ4v) is 5.93. The fourth-order valence-electron chi connectivity index (χ4n) is 4.94. The van der Waals surface area contributed by atoms with Gasteiger partial charge in [0.1, 0.15) is 0 Å². The van der Waals surface area contributed by atoms with E-state index in [4.69, 9.17) is 9.73 Å². The van der Waals surface area contributed by atoms with Gasteiger partial charge in [-0.15, -0.1) is 0 Å². The van der Waals surface area contributed by atoms with Gasteiger partial charge in [-0.3, -0.25) is 29.6 Å². The molecule has 1 atom stereocenters. The van der Waals surface area contributed by atoms with E-state index < -0.39 is 44.5 Å². The Morgan fingerprint density at radius 1 is 1.09 bits per heavy atom. The number of benzene rings is 3. The molecule has 0 fully saturated rings. The van der Waals surface area contributed by atoms with E-state index in [0.29, 0.717) is 22.9 Å². The molecule has 1 N–H and O–H groups in total. The highest BCUT2D eigenvalue weighted by Crippen LogP contribution is 2.37. The van der Waals surface area contributed by atoms with E-state index in [9.17, 15) is 34.9 Å². The first-order chi connectivity index (χ1) is 21.0. The standard InChI is InChI=1S/C31H26N4O8S/c1-4-43-30(38)25-26(19-8-6-5-7-9-19)32-31-33(27(25)20-12-10-18(11-13-20)17(2)3)29(37)24(44-31)15-21-14-22(34(39)40)16-23(28(21)36)35(41)42/h5-17,27,36H,4H2,1-3H3/b24-15-/t27-/m1/s1. The zero-order valence-corrected chi connectivity index (χ0v) is 24.6. The summed E-state index contributed by atoms with van der Waals surface area (Å²) in [7, 11) is 0. The molecule has 5 rings (SSSR count). The van der Waals surface area contributed by atoms with Crippen molar-refractivity contribution in [1.29, 1.82) is 0 Å². The number of carbonyl (C=O) groups is 1. The van der Waals surface area contributed by atoms with Crippen molar-refractivity contribution in [2.45, 2.75) is 32.7 Å². The summed E-state index contributed by atoms with van der Waals surface area (Å²) in [4.78, 5) is 53.8. The fraction of sp³-hybridized carbons (Fsp3) is 0.194. The van der Waals surface area contributed by atoms with Crippen molar-refractivity contribution in [2.24, 2.45) is 4.99 Å². The van der Waals surface area contributed by atoms with Gasteiger partial charge in [0, 0.05) is 17.2 Å². The van der Waals surface area contributed by atoms with Crippen molar-refractivity contribution in [1.82, 2.24) is 4.57 Å². The molecular weight excluding hydrogens is 588 g/mol.